The van der Waals surface area contributed by atoms with E-state index in [1.807, 2.05) is 11.4 Å². The highest BCUT2D eigenvalue weighted by Gasteiger charge is 2.44. The van der Waals surface area contributed by atoms with Gasteiger partial charge in [0.15, 0.2) is 0 Å². The lowest BCUT2D eigenvalue weighted by atomic mass is 9.90. The van der Waals surface area contributed by atoms with Gasteiger partial charge < -0.3 is 10.1 Å². The van der Waals surface area contributed by atoms with Crippen molar-refractivity contribution >= 4 is 11.6 Å². The van der Waals surface area contributed by atoms with Gasteiger partial charge in [-0.05, 0) is 17.2 Å². The highest BCUT2D eigenvalue weighted by Crippen LogP contribution is 2.39. The highest BCUT2D eigenvalue weighted by atomic mass is 19.4. The van der Waals surface area contributed by atoms with Gasteiger partial charge in [0.05, 0.1) is 12.2 Å². The number of nitrogens with one attached hydrogen (secondary N) is 1. The molecule has 2 unspecified atom stereocenters. The number of benzene rings is 1. The van der Waals surface area contributed by atoms with Crippen molar-refractivity contribution in [3.8, 4) is 0 Å². The molecule has 6 heteroatoms. The van der Waals surface area contributed by atoms with Crippen molar-refractivity contribution in [3.05, 3.63) is 29.3 Å². The topological polar surface area (TPSA) is 41.6 Å². The largest absolute Gasteiger partial charge is 0.471 e. The molecule has 0 spiro atoms. The molecule has 1 aliphatic heterocycles. The standard InChI is InChI=1S/C12H10F3NO2/c13-12(14,15)11(17)16-8-3-1-2-6-4-9-10(18-9)5-7(6)8/h1-3,9-10H,4-5H2,(H,16,17). The van der Waals surface area contributed by atoms with E-state index in [-0.39, 0.29) is 17.9 Å². The molecule has 1 fully saturated rings. The Morgan fingerprint density at radius 2 is 2.00 bits per heavy atom. The Hall–Kier alpha value is -1.56. The quantitative estimate of drug-likeness (QED) is 0.782. The Morgan fingerprint density at radius 3 is 2.72 bits per heavy atom. The molecule has 18 heavy (non-hydrogen) atoms. The smallest absolute Gasteiger partial charge is 0.369 e. The molecule has 1 saturated heterocycles. The summed E-state index contributed by atoms with van der Waals surface area (Å²) < 4.78 is 42.0. The van der Waals surface area contributed by atoms with Crippen LogP contribution in [0.15, 0.2) is 18.2 Å². The van der Waals surface area contributed by atoms with Gasteiger partial charge in [-0.25, -0.2) is 0 Å². The van der Waals surface area contributed by atoms with Gasteiger partial charge in [-0.2, -0.15) is 13.2 Å². The Bertz CT molecular complexity index is 513. The maximum absolute atomic E-state index is 12.2. The van der Waals surface area contributed by atoms with Crippen molar-refractivity contribution < 1.29 is 22.7 Å². The van der Waals surface area contributed by atoms with E-state index in [2.05, 4.69) is 0 Å². The molecule has 3 nitrogen and oxygen atoms in total. The van der Waals surface area contributed by atoms with Gasteiger partial charge in [0.2, 0.25) is 0 Å². The van der Waals surface area contributed by atoms with E-state index >= 15 is 0 Å². The molecule has 0 radical (unpaired) electrons. The summed E-state index contributed by atoms with van der Waals surface area (Å²) in [4.78, 5) is 10.9. The van der Waals surface area contributed by atoms with Crippen LogP contribution in [0, 0.1) is 0 Å². The molecule has 0 bridgehead atoms. The summed E-state index contributed by atoms with van der Waals surface area (Å²) >= 11 is 0. The van der Waals surface area contributed by atoms with Crippen LogP contribution in [0.5, 0.6) is 0 Å². The Labute approximate surface area is 101 Å². The molecular weight excluding hydrogens is 247 g/mol. The zero-order valence-electron chi connectivity index (χ0n) is 9.25. The first-order valence-corrected chi connectivity index (χ1v) is 5.59. The van der Waals surface area contributed by atoms with Crippen LogP contribution >= 0.6 is 0 Å². The fraction of sp³-hybridized carbons (Fsp3) is 0.417. The van der Waals surface area contributed by atoms with Gasteiger partial charge >= 0.3 is 12.1 Å². The molecular formula is C12H10F3NO2. The van der Waals surface area contributed by atoms with Crippen LogP contribution in [0.3, 0.4) is 0 Å². The number of alkyl halides is 3. The molecule has 1 aliphatic carbocycles. The average Bonchev–Trinajstić information content (AvgIpc) is 3.03. The lowest BCUT2D eigenvalue weighted by molar-refractivity contribution is -0.167. The fourth-order valence-electron chi connectivity index (χ4n) is 2.33. The lowest BCUT2D eigenvalue weighted by Gasteiger charge is -2.17. The molecule has 1 heterocycles. The van der Waals surface area contributed by atoms with Gasteiger partial charge in [-0.15, -0.1) is 0 Å². The van der Waals surface area contributed by atoms with Gasteiger partial charge in [-0.3, -0.25) is 4.79 Å². The van der Waals surface area contributed by atoms with E-state index < -0.39 is 12.1 Å². The minimum atomic E-state index is -4.87. The number of hydrogen-bond donors (Lipinski definition) is 1. The number of rotatable bonds is 1. The Morgan fingerprint density at radius 1 is 1.28 bits per heavy atom. The highest BCUT2D eigenvalue weighted by molar-refractivity contribution is 5.95. The molecule has 96 valence electrons. The third-order valence-corrected chi connectivity index (χ3v) is 3.29. The number of carbonyl (C=O) groups is 1. The maximum Gasteiger partial charge on any atom is 0.471 e. The van der Waals surface area contributed by atoms with Gasteiger partial charge in [0.25, 0.3) is 0 Å². The van der Waals surface area contributed by atoms with Gasteiger partial charge in [-0.1, -0.05) is 12.1 Å². The van der Waals surface area contributed by atoms with Crippen molar-refractivity contribution in [2.24, 2.45) is 0 Å². The molecule has 0 saturated carbocycles. The summed E-state index contributed by atoms with van der Waals surface area (Å²) in [6.45, 7) is 0. The number of carbonyl (C=O) groups excluding carboxylic acids is 1. The Balaban J connectivity index is 1.87. The third kappa shape index (κ3) is 1.96. The molecule has 3 rings (SSSR count). The summed E-state index contributed by atoms with van der Waals surface area (Å²) in [6, 6.07) is 5.00. The van der Waals surface area contributed by atoms with Gasteiger partial charge in [0, 0.05) is 18.5 Å². The number of fused-ring (bicyclic) bond motifs is 2. The third-order valence-electron chi connectivity index (χ3n) is 3.29. The van der Waals surface area contributed by atoms with Crippen molar-refractivity contribution in [1.29, 1.82) is 0 Å². The van der Waals surface area contributed by atoms with Crippen molar-refractivity contribution in [2.75, 3.05) is 5.32 Å². The second-order valence-electron chi connectivity index (χ2n) is 4.52. The maximum atomic E-state index is 12.2. The molecule has 1 N–H and O–H groups in total. The minimum Gasteiger partial charge on any atom is -0.369 e. The van der Waals surface area contributed by atoms with Crippen LogP contribution in [0.2, 0.25) is 0 Å². The van der Waals surface area contributed by atoms with E-state index in [4.69, 9.17) is 4.74 Å². The van der Waals surface area contributed by atoms with E-state index in [1.165, 1.54) is 6.07 Å². The molecule has 2 atom stereocenters. The summed E-state index contributed by atoms with van der Waals surface area (Å²) in [5.74, 6) is -1.94. The van der Waals surface area contributed by atoms with Gasteiger partial charge in [0.1, 0.15) is 0 Å². The SMILES string of the molecule is O=C(Nc1cccc2c1CC1OC1C2)C(F)(F)F. The molecule has 1 aromatic rings. The first-order valence-electron chi connectivity index (χ1n) is 5.59. The molecule has 2 aliphatic rings. The van der Waals surface area contributed by atoms with Crippen LogP contribution in [0.1, 0.15) is 11.1 Å². The number of hydrogen-bond acceptors (Lipinski definition) is 2. The monoisotopic (exact) mass is 257 g/mol. The molecule has 0 aromatic heterocycles. The summed E-state index contributed by atoms with van der Waals surface area (Å²) in [7, 11) is 0. The van der Waals surface area contributed by atoms with E-state index in [1.54, 1.807) is 6.07 Å². The van der Waals surface area contributed by atoms with Crippen LogP contribution < -0.4 is 5.32 Å². The predicted molar refractivity (Wildman–Crippen MR) is 57.2 cm³/mol. The first-order chi connectivity index (χ1) is 8.45. The first kappa shape index (κ1) is 11.5. The number of anilines is 1. The number of amides is 1. The second-order valence-corrected chi connectivity index (χ2v) is 4.52. The van der Waals surface area contributed by atoms with Crippen molar-refractivity contribution in [1.82, 2.24) is 0 Å². The van der Waals surface area contributed by atoms with Crippen molar-refractivity contribution in [2.45, 2.75) is 31.2 Å². The van der Waals surface area contributed by atoms with E-state index in [0.717, 1.165) is 11.1 Å². The summed E-state index contributed by atoms with van der Waals surface area (Å²) in [5, 5.41) is 1.93. The summed E-state index contributed by atoms with van der Waals surface area (Å²) in [5.41, 5.74) is 1.95. The minimum absolute atomic E-state index is 0.0986. The average molecular weight is 257 g/mol. The van der Waals surface area contributed by atoms with Crippen molar-refractivity contribution in [3.63, 3.8) is 0 Å². The van der Waals surface area contributed by atoms with Crippen LogP contribution in [-0.4, -0.2) is 24.3 Å². The second kappa shape index (κ2) is 3.71. The summed E-state index contributed by atoms with van der Waals surface area (Å²) in [6.07, 6.45) is -3.30. The van der Waals surface area contributed by atoms with E-state index in [9.17, 15) is 18.0 Å². The molecule has 1 amide bonds. The zero-order valence-corrected chi connectivity index (χ0v) is 9.25. The zero-order chi connectivity index (χ0) is 12.9. The number of epoxide rings is 1. The number of halogens is 3. The van der Waals surface area contributed by atoms with Crippen LogP contribution in [-0.2, 0) is 22.4 Å². The lowest BCUT2D eigenvalue weighted by Crippen LogP contribution is -2.30. The van der Waals surface area contributed by atoms with Crippen LogP contribution in [0.4, 0.5) is 18.9 Å². The predicted octanol–water partition coefficient (Wildman–Crippen LogP) is 2.05. The fourth-order valence-corrected chi connectivity index (χ4v) is 2.33. The van der Waals surface area contributed by atoms with Crippen LogP contribution in [0.25, 0.3) is 0 Å². The number of ether oxygens (including phenoxy) is 1. The molecule has 1 aromatic carbocycles. The normalized spacial score (nSPS) is 25.1. The van der Waals surface area contributed by atoms with E-state index in [0.29, 0.717) is 12.8 Å². The Kier molecular flexibility index (Phi) is 2.38.